The van der Waals surface area contributed by atoms with Gasteiger partial charge in [0, 0.05) is 50.8 Å². The highest BCUT2D eigenvalue weighted by atomic mass is 32.1. The van der Waals surface area contributed by atoms with E-state index in [0.717, 1.165) is 25.3 Å². The molecule has 1 fully saturated rings. The second kappa shape index (κ2) is 7.58. The molecule has 2 atom stereocenters. The van der Waals surface area contributed by atoms with Crippen LogP contribution in [0.1, 0.15) is 18.7 Å². The molecule has 25 heavy (non-hydrogen) atoms. The Morgan fingerprint density at radius 2 is 2.20 bits per heavy atom. The number of carbonyl (C=O) groups excluding carboxylic acids is 1. The number of aromatic nitrogens is 2. The zero-order valence-electron chi connectivity index (χ0n) is 15.3. The molecule has 3 rings (SSSR count). The molecule has 0 aliphatic carbocycles. The molecule has 0 spiro atoms. The van der Waals surface area contributed by atoms with Gasteiger partial charge >= 0.3 is 6.03 Å². The molecule has 6 nitrogen and oxygen atoms in total. The third kappa shape index (κ3) is 4.22. The van der Waals surface area contributed by atoms with Crippen molar-refractivity contribution in [3.8, 4) is 10.6 Å². The van der Waals surface area contributed by atoms with Crippen molar-refractivity contribution in [2.24, 2.45) is 11.8 Å². The average molecular weight is 362 g/mol. The van der Waals surface area contributed by atoms with Gasteiger partial charge in [0.15, 0.2) is 0 Å². The highest BCUT2D eigenvalue weighted by Gasteiger charge is 2.35. The molecule has 0 unspecified atom stereocenters. The van der Waals surface area contributed by atoms with E-state index in [9.17, 15) is 4.79 Å². The molecule has 2 amide bonds. The van der Waals surface area contributed by atoms with Crippen molar-refractivity contribution in [1.82, 2.24) is 25.3 Å². The maximum absolute atomic E-state index is 12.1. The van der Waals surface area contributed by atoms with Crippen molar-refractivity contribution in [1.29, 1.82) is 0 Å². The zero-order chi connectivity index (χ0) is 18.0. The van der Waals surface area contributed by atoms with Crippen molar-refractivity contribution >= 4 is 17.4 Å². The Balaban J connectivity index is 1.64. The lowest BCUT2D eigenvalue weighted by molar-refractivity contribution is 0.207. The van der Waals surface area contributed by atoms with Crippen molar-refractivity contribution in [3.05, 3.63) is 29.3 Å². The Labute approximate surface area is 153 Å². The molecular formula is C18H27N5OS. The van der Waals surface area contributed by atoms with E-state index in [-0.39, 0.29) is 12.1 Å². The molecule has 7 heteroatoms. The van der Waals surface area contributed by atoms with Gasteiger partial charge < -0.3 is 10.2 Å². The molecule has 0 aromatic carbocycles. The first-order valence-electron chi connectivity index (χ1n) is 8.72. The van der Waals surface area contributed by atoms with Crippen molar-refractivity contribution in [2.45, 2.75) is 26.4 Å². The van der Waals surface area contributed by atoms with E-state index in [4.69, 9.17) is 0 Å². The summed E-state index contributed by atoms with van der Waals surface area (Å²) in [7, 11) is 3.57. The van der Waals surface area contributed by atoms with E-state index in [1.807, 2.05) is 6.07 Å². The number of rotatable bonds is 5. The minimum atomic E-state index is -0.00449. The van der Waals surface area contributed by atoms with Gasteiger partial charge in [-0.2, -0.15) is 5.10 Å². The van der Waals surface area contributed by atoms with Gasteiger partial charge in [-0.1, -0.05) is 13.8 Å². The van der Waals surface area contributed by atoms with Crippen LogP contribution in [0, 0.1) is 11.8 Å². The quantitative estimate of drug-likeness (QED) is 0.861. The summed E-state index contributed by atoms with van der Waals surface area (Å²) >= 11 is 1.80. The number of thiophene rings is 1. The molecule has 0 radical (unpaired) electrons. The van der Waals surface area contributed by atoms with Gasteiger partial charge in [0.05, 0.1) is 10.6 Å². The first-order chi connectivity index (χ1) is 11.9. The van der Waals surface area contributed by atoms with Gasteiger partial charge in [0.1, 0.15) is 0 Å². The van der Waals surface area contributed by atoms with Gasteiger partial charge in [-0.05, 0) is 30.0 Å². The van der Waals surface area contributed by atoms with E-state index in [1.54, 1.807) is 36.5 Å². The van der Waals surface area contributed by atoms with Crippen LogP contribution in [0.2, 0.25) is 0 Å². The second-order valence-corrected chi connectivity index (χ2v) is 8.46. The third-order valence-electron chi connectivity index (χ3n) is 4.82. The highest BCUT2D eigenvalue weighted by Crippen LogP contribution is 2.30. The largest absolute Gasteiger partial charge is 0.334 e. The number of carbonyl (C=O) groups is 1. The number of H-pyrrole nitrogens is 1. The first-order valence-corrected chi connectivity index (χ1v) is 9.54. The molecule has 136 valence electrons. The van der Waals surface area contributed by atoms with Gasteiger partial charge in [-0.15, -0.1) is 11.3 Å². The fourth-order valence-electron chi connectivity index (χ4n) is 3.38. The van der Waals surface area contributed by atoms with Crippen LogP contribution in [0.15, 0.2) is 24.4 Å². The zero-order valence-corrected chi connectivity index (χ0v) is 16.1. The molecule has 2 aromatic rings. The number of nitrogens with one attached hydrogen (secondary N) is 2. The molecule has 2 aromatic heterocycles. The summed E-state index contributed by atoms with van der Waals surface area (Å²) in [4.78, 5) is 18.7. The van der Waals surface area contributed by atoms with Crippen molar-refractivity contribution in [3.63, 3.8) is 0 Å². The fraction of sp³-hybridized carbons (Fsp3) is 0.556. The Bertz CT molecular complexity index is 694. The van der Waals surface area contributed by atoms with E-state index < -0.39 is 0 Å². The summed E-state index contributed by atoms with van der Waals surface area (Å²) in [6.45, 7) is 7.33. The van der Waals surface area contributed by atoms with Gasteiger partial charge in [-0.3, -0.25) is 10.00 Å². The number of aromatic amines is 1. The minimum absolute atomic E-state index is 0.00449. The van der Waals surface area contributed by atoms with Crippen LogP contribution >= 0.6 is 11.3 Å². The summed E-state index contributed by atoms with van der Waals surface area (Å²) in [6.07, 6.45) is 1.78. The summed E-state index contributed by atoms with van der Waals surface area (Å²) in [6, 6.07) is 6.54. The number of likely N-dealkylation sites (tertiary alicyclic amines) is 1. The lowest BCUT2D eigenvalue weighted by Crippen LogP contribution is -2.46. The Morgan fingerprint density at radius 3 is 2.84 bits per heavy atom. The van der Waals surface area contributed by atoms with E-state index >= 15 is 0 Å². The standard InChI is InChI=1S/C18H27N5OS/c1-12(2)14-10-23(11-16(14)20-18(24)22(3)4)9-13-5-6-17(25-13)15-7-8-19-21-15/h5-8,12,14,16H,9-11H2,1-4H3,(H,19,21)(H,20,24)/t14-,16+/m0/s1. The van der Waals surface area contributed by atoms with E-state index in [2.05, 4.69) is 46.4 Å². The monoisotopic (exact) mass is 361 g/mol. The Kier molecular flexibility index (Phi) is 5.44. The van der Waals surface area contributed by atoms with Gasteiger partial charge in [-0.25, -0.2) is 4.79 Å². The normalized spacial score (nSPS) is 21.0. The highest BCUT2D eigenvalue weighted by molar-refractivity contribution is 7.15. The molecule has 3 heterocycles. The van der Waals surface area contributed by atoms with Gasteiger partial charge in [0.25, 0.3) is 0 Å². The first kappa shape index (κ1) is 17.9. The molecular weight excluding hydrogens is 334 g/mol. The summed E-state index contributed by atoms with van der Waals surface area (Å²) in [5.41, 5.74) is 1.06. The molecule has 0 bridgehead atoms. The molecule has 2 N–H and O–H groups in total. The van der Waals surface area contributed by atoms with E-state index in [0.29, 0.717) is 11.8 Å². The minimum Gasteiger partial charge on any atom is -0.334 e. The second-order valence-electron chi connectivity index (χ2n) is 7.29. The van der Waals surface area contributed by atoms with Crippen LogP contribution in [0.5, 0.6) is 0 Å². The smallest absolute Gasteiger partial charge is 0.317 e. The van der Waals surface area contributed by atoms with Crippen LogP contribution < -0.4 is 5.32 Å². The van der Waals surface area contributed by atoms with Crippen molar-refractivity contribution in [2.75, 3.05) is 27.2 Å². The topological polar surface area (TPSA) is 64.3 Å². The Morgan fingerprint density at radius 1 is 1.40 bits per heavy atom. The third-order valence-corrected chi connectivity index (χ3v) is 5.92. The summed E-state index contributed by atoms with van der Waals surface area (Å²) < 4.78 is 0. The molecule has 0 saturated carbocycles. The number of hydrogen-bond acceptors (Lipinski definition) is 4. The number of nitrogens with zero attached hydrogens (tertiary/aromatic N) is 3. The molecule has 1 saturated heterocycles. The van der Waals surface area contributed by atoms with Crippen LogP contribution in [0.25, 0.3) is 10.6 Å². The van der Waals surface area contributed by atoms with Crippen LogP contribution in [0.3, 0.4) is 0 Å². The average Bonchev–Trinajstić information content (AvgIpc) is 3.27. The maximum atomic E-state index is 12.1. The van der Waals surface area contributed by atoms with Crippen LogP contribution in [-0.4, -0.2) is 59.3 Å². The summed E-state index contributed by atoms with van der Waals surface area (Å²) in [5.74, 6) is 1.03. The maximum Gasteiger partial charge on any atom is 0.317 e. The predicted molar refractivity (Wildman–Crippen MR) is 102 cm³/mol. The molecule has 1 aliphatic heterocycles. The lowest BCUT2D eigenvalue weighted by Gasteiger charge is -2.24. The predicted octanol–water partition coefficient (Wildman–Crippen LogP) is 2.87. The number of amides is 2. The lowest BCUT2D eigenvalue weighted by atomic mass is 9.91. The van der Waals surface area contributed by atoms with Crippen LogP contribution in [0.4, 0.5) is 4.79 Å². The molecule has 1 aliphatic rings. The Hall–Kier alpha value is -1.86. The number of urea groups is 1. The number of hydrogen-bond donors (Lipinski definition) is 2. The SMILES string of the molecule is CC(C)[C@@H]1CN(Cc2ccc(-c3ccn[nH]3)s2)C[C@H]1NC(=O)N(C)C. The van der Waals surface area contributed by atoms with E-state index in [1.165, 1.54) is 9.75 Å². The fourth-order valence-corrected chi connectivity index (χ4v) is 4.40. The van der Waals surface area contributed by atoms with Crippen molar-refractivity contribution < 1.29 is 4.79 Å². The van der Waals surface area contributed by atoms with Gasteiger partial charge in [0.2, 0.25) is 0 Å². The summed E-state index contributed by atoms with van der Waals surface area (Å²) in [5, 5.41) is 10.2. The van der Waals surface area contributed by atoms with Crippen LogP contribution in [-0.2, 0) is 6.54 Å².